The number of aromatic nitrogens is 1. The van der Waals surface area contributed by atoms with E-state index in [9.17, 15) is 4.79 Å². The standard InChI is InChI=1S/C18H18N2O4/c1-22-12-10-20(13-14-5-4-11-23-14)18(21)9-8-17-19-15-6-2-3-7-16(15)24-17/h2-9,11H,10,12-13H2,1H3/b9-8+. The van der Waals surface area contributed by atoms with Crippen molar-refractivity contribution in [2.75, 3.05) is 20.3 Å². The lowest BCUT2D eigenvalue weighted by atomic mass is 10.3. The van der Waals surface area contributed by atoms with E-state index < -0.39 is 0 Å². The number of benzene rings is 1. The Labute approximate surface area is 139 Å². The Morgan fingerprint density at radius 3 is 2.92 bits per heavy atom. The van der Waals surface area contributed by atoms with Crippen LogP contribution in [0.25, 0.3) is 17.2 Å². The lowest BCUT2D eigenvalue weighted by molar-refractivity contribution is -0.127. The van der Waals surface area contributed by atoms with Crippen LogP contribution in [-0.2, 0) is 16.1 Å². The highest BCUT2D eigenvalue weighted by Crippen LogP contribution is 2.15. The fourth-order valence-corrected chi connectivity index (χ4v) is 2.27. The Kier molecular flexibility index (Phi) is 5.08. The third-order valence-corrected chi connectivity index (χ3v) is 3.48. The van der Waals surface area contributed by atoms with Crippen molar-refractivity contribution in [1.82, 2.24) is 9.88 Å². The maximum atomic E-state index is 12.4. The summed E-state index contributed by atoms with van der Waals surface area (Å²) < 4.78 is 15.9. The van der Waals surface area contributed by atoms with Gasteiger partial charge in [-0.2, -0.15) is 0 Å². The Hall–Kier alpha value is -2.86. The number of amides is 1. The van der Waals surface area contributed by atoms with Gasteiger partial charge in [-0.1, -0.05) is 12.1 Å². The predicted molar refractivity (Wildman–Crippen MR) is 89.0 cm³/mol. The molecule has 6 nitrogen and oxygen atoms in total. The first-order valence-corrected chi connectivity index (χ1v) is 7.60. The van der Waals surface area contributed by atoms with E-state index >= 15 is 0 Å². The van der Waals surface area contributed by atoms with Crippen LogP contribution >= 0.6 is 0 Å². The number of hydrogen-bond donors (Lipinski definition) is 0. The SMILES string of the molecule is COCCN(Cc1ccco1)C(=O)/C=C/c1nc2ccccc2o1. The number of rotatable bonds is 7. The number of furan rings is 1. The number of carbonyl (C=O) groups is 1. The van der Waals surface area contributed by atoms with E-state index in [0.717, 1.165) is 11.3 Å². The van der Waals surface area contributed by atoms with E-state index in [4.69, 9.17) is 13.6 Å². The average Bonchev–Trinajstić information content (AvgIpc) is 3.25. The Morgan fingerprint density at radius 2 is 2.17 bits per heavy atom. The number of methoxy groups -OCH3 is 1. The minimum atomic E-state index is -0.161. The van der Waals surface area contributed by atoms with Crippen LogP contribution in [0.3, 0.4) is 0 Å². The molecule has 124 valence electrons. The van der Waals surface area contributed by atoms with Gasteiger partial charge in [-0.3, -0.25) is 4.79 Å². The zero-order valence-electron chi connectivity index (χ0n) is 13.3. The molecule has 0 spiro atoms. The van der Waals surface area contributed by atoms with E-state index in [2.05, 4.69) is 4.98 Å². The highest BCUT2D eigenvalue weighted by molar-refractivity contribution is 5.91. The van der Waals surface area contributed by atoms with Crippen molar-refractivity contribution in [2.45, 2.75) is 6.54 Å². The van der Waals surface area contributed by atoms with Crippen molar-refractivity contribution in [2.24, 2.45) is 0 Å². The third-order valence-electron chi connectivity index (χ3n) is 3.48. The average molecular weight is 326 g/mol. The van der Waals surface area contributed by atoms with Gasteiger partial charge in [0.25, 0.3) is 0 Å². The second-order valence-electron chi connectivity index (χ2n) is 5.19. The van der Waals surface area contributed by atoms with E-state index in [1.54, 1.807) is 30.4 Å². The maximum absolute atomic E-state index is 12.4. The van der Waals surface area contributed by atoms with E-state index in [1.165, 1.54) is 6.08 Å². The summed E-state index contributed by atoms with van der Waals surface area (Å²) in [5.41, 5.74) is 1.45. The van der Waals surface area contributed by atoms with E-state index in [-0.39, 0.29) is 5.91 Å². The van der Waals surface area contributed by atoms with Crippen molar-refractivity contribution in [3.63, 3.8) is 0 Å². The number of para-hydroxylation sites is 2. The van der Waals surface area contributed by atoms with E-state index in [1.807, 2.05) is 30.3 Å². The van der Waals surface area contributed by atoms with Crippen molar-refractivity contribution in [3.8, 4) is 0 Å². The molecule has 0 radical (unpaired) electrons. The van der Waals surface area contributed by atoms with Crippen molar-refractivity contribution in [1.29, 1.82) is 0 Å². The summed E-state index contributed by atoms with van der Waals surface area (Å²) >= 11 is 0. The highest BCUT2D eigenvalue weighted by Gasteiger charge is 2.13. The molecule has 0 saturated carbocycles. The fourth-order valence-electron chi connectivity index (χ4n) is 2.27. The van der Waals surface area contributed by atoms with Gasteiger partial charge < -0.3 is 18.5 Å². The van der Waals surface area contributed by atoms with Gasteiger partial charge in [-0.25, -0.2) is 4.98 Å². The number of nitrogens with zero attached hydrogens (tertiary/aromatic N) is 2. The van der Waals surface area contributed by atoms with Crippen LogP contribution in [0.5, 0.6) is 0 Å². The summed E-state index contributed by atoms with van der Waals surface area (Å²) in [6, 6.07) is 11.1. The topological polar surface area (TPSA) is 68.7 Å². The smallest absolute Gasteiger partial charge is 0.247 e. The Morgan fingerprint density at radius 1 is 1.29 bits per heavy atom. The van der Waals surface area contributed by atoms with Gasteiger partial charge in [0.05, 0.1) is 19.4 Å². The van der Waals surface area contributed by atoms with Crippen molar-refractivity contribution >= 4 is 23.1 Å². The minimum Gasteiger partial charge on any atom is -0.467 e. The molecule has 1 amide bonds. The molecule has 0 aliphatic carbocycles. The first-order chi connectivity index (χ1) is 11.8. The molecule has 0 aliphatic rings. The minimum absolute atomic E-state index is 0.161. The van der Waals surface area contributed by atoms with Gasteiger partial charge in [0.2, 0.25) is 11.8 Å². The zero-order chi connectivity index (χ0) is 16.8. The summed E-state index contributed by atoms with van der Waals surface area (Å²) in [5, 5.41) is 0. The lowest BCUT2D eigenvalue weighted by Gasteiger charge is -2.19. The molecule has 0 saturated heterocycles. The molecule has 0 aliphatic heterocycles. The first kappa shape index (κ1) is 16.0. The van der Waals surface area contributed by atoms with Gasteiger partial charge in [0, 0.05) is 25.8 Å². The monoisotopic (exact) mass is 326 g/mol. The third kappa shape index (κ3) is 3.91. The molecule has 3 rings (SSSR count). The summed E-state index contributed by atoms with van der Waals surface area (Å²) in [6.07, 6.45) is 4.61. The van der Waals surface area contributed by atoms with Crippen LogP contribution in [0.2, 0.25) is 0 Å². The molecule has 0 atom stereocenters. The molecule has 3 aromatic rings. The fraction of sp³-hybridized carbons (Fsp3) is 0.222. The normalized spacial score (nSPS) is 11.4. The van der Waals surface area contributed by atoms with Gasteiger partial charge in [0.15, 0.2) is 5.58 Å². The van der Waals surface area contributed by atoms with Crippen molar-refractivity contribution in [3.05, 3.63) is 60.4 Å². The number of carbonyl (C=O) groups excluding carboxylic acids is 1. The summed E-state index contributed by atoms with van der Waals surface area (Å²) in [7, 11) is 1.60. The van der Waals surface area contributed by atoms with E-state index in [0.29, 0.717) is 31.2 Å². The second kappa shape index (κ2) is 7.61. The summed E-state index contributed by atoms with van der Waals surface area (Å²) in [6.45, 7) is 1.30. The number of fused-ring (bicyclic) bond motifs is 1. The molecule has 0 bridgehead atoms. The maximum Gasteiger partial charge on any atom is 0.247 e. The molecule has 0 N–H and O–H groups in total. The summed E-state index contributed by atoms with van der Waals surface area (Å²) in [4.78, 5) is 18.4. The first-order valence-electron chi connectivity index (χ1n) is 7.60. The molecule has 2 heterocycles. The Balaban J connectivity index is 1.71. The number of oxazole rings is 1. The van der Waals surface area contributed by atoms with Crippen LogP contribution in [0, 0.1) is 0 Å². The zero-order valence-corrected chi connectivity index (χ0v) is 13.3. The molecule has 0 unspecified atom stereocenters. The molecular weight excluding hydrogens is 308 g/mol. The van der Waals surface area contributed by atoms with Crippen LogP contribution < -0.4 is 0 Å². The highest BCUT2D eigenvalue weighted by atomic mass is 16.5. The van der Waals surface area contributed by atoms with Crippen LogP contribution in [0.1, 0.15) is 11.7 Å². The number of ether oxygens (including phenoxy) is 1. The van der Waals surface area contributed by atoms with Crippen LogP contribution in [0.4, 0.5) is 0 Å². The Bertz CT molecular complexity index is 788. The number of hydrogen-bond acceptors (Lipinski definition) is 5. The van der Waals surface area contributed by atoms with Gasteiger partial charge >= 0.3 is 0 Å². The lowest BCUT2D eigenvalue weighted by Crippen LogP contribution is -2.31. The predicted octanol–water partition coefficient (Wildman–Crippen LogP) is 3.11. The molecular formula is C18H18N2O4. The molecule has 0 fully saturated rings. The van der Waals surface area contributed by atoms with Crippen LogP contribution in [0.15, 0.2) is 57.6 Å². The summed E-state index contributed by atoms with van der Waals surface area (Å²) in [5.74, 6) is 0.953. The van der Waals surface area contributed by atoms with Crippen molar-refractivity contribution < 1.29 is 18.4 Å². The molecule has 1 aromatic carbocycles. The van der Waals surface area contributed by atoms with Gasteiger partial charge in [-0.15, -0.1) is 0 Å². The molecule has 6 heteroatoms. The molecule has 24 heavy (non-hydrogen) atoms. The van der Waals surface area contributed by atoms with Gasteiger partial charge in [-0.05, 0) is 24.3 Å². The second-order valence-corrected chi connectivity index (χ2v) is 5.19. The van der Waals surface area contributed by atoms with Gasteiger partial charge in [0.1, 0.15) is 11.3 Å². The quantitative estimate of drug-likeness (QED) is 0.624. The molecule has 2 aromatic heterocycles. The van der Waals surface area contributed by atoms with Crippen LogP contribution in [-0.4, -0.2) is 36.1 Å². The largest absolute Gasteiger partial charge is 0.467 e.